The second kappa shape index (κ2) is 6.43. The molecule has 0 aromatic rings. The fourth-order valence-corrected chi connectivity index (χ4v) is 1.07. The second-order valence-corrected chi connectivity index (χ2v) is 3.75. The molecule has 0 aliphatic carbocycles. The van der Waals surface area contributed by atoms with Gasteiger partial charge in [-0.15, -0.1) is 0 Å². The minimum absolute atomic E-state index is 0.0275. The van der Waals surface area contributed by atoms with Gasteiger partial charge >= 0.3 is 0 Å². The van der Waals surface area contributed by atoms with Crippen LogP contribution in [0.5, 0.6) is 0 Å². The summed E-state index contributed by atoms with van der Waals surface area (Å²) < 4.78 is 0. The van der Waals surface area contributed by atoms with Crippen molar-refractivity contribution in [1.82, 2.24) is 5.32 Å². The molecule has 2 atom stereocenters. The molecule has 0 radical (unpaired) electrons. The van der Waals surface area contributed by atoms with Gasteiger partial charge in [0.1, 0.15) is 0 Å². The lowest BCUT2D eigenvalue weighted by Crippen LogP contribution is -2.38. The van der Waals surface area contributed by atoms with E-state index in [-0.39, 0.29) is 24.5 Å². The predicted octanol–water partition coefficient (Wildman–Crippen LogP) is 0.905. The largest absolute Gasteiger partial charge is 0.396 e. The van der Waals surface area contributed by atoms with E-state index in [0.29, 0.717) is 11.8 Å². The van der Waals surface area contributed by atoms with Crippen LogP contribution in [-0.2, 0) is 4.79 Å². The third-order valence-electron chi connectivity index (χ3n) is 1.85. The van der Waals surface area contributed by atoms with Crippen molar-refractivity contribution >= 4 is 21.8 Å². The van der Waals surface area contributed by atoms with Crippen LogP contribution in [0, 0.1) is 5.92 Å². The maximum Gasteiger partial charge on any atom is 0.221 e. The van der Waals surface area contributed by atoms with Crippen molar-refractivity contribution in [2.75, 3.05) is 11.9 Å². The molecule has 0 aliphatic heterocycles. The van der Waals surface area contributed by atoms with Crippen molar-refractivity contribution in [3.63, 3.8) is 0 Å². The number of halogens is 1. The van der Waals surface area contributed by atoms with Gasteiger partial charge in [0, 0.05) is 24.4 Å². The van der Waals surface area contributed by atoms with E-state index in [9.17, 15) is 4.79 Å². The summed E-state index contributed by atoms with van der Waals surface area (Å²) in [5.41, 5.74) is 0. The van der Waals surface area contributed by atoms with Crippen molar-refractivity contribution in [2.45, 2.75) is 26.3 Å². The Morgan fingerprint density at radius 3 is 2.58 bits per heavy atom. The molecular weight excluding hydrogens is 222 g/mol. The summed E-state index contributed by atoms with van der Waals surface area (Å²) in [6, 6.07) is 0.0431. The van der Waals surface area contributed by atoms with Gasteiger partial charge in [0.15, 0.2) is 0 Å². The average Bonchev–Trinajstić information content (AvgIpc) is 2.03. The molecule has 72 valence electrons. The molecule has 2 N–H and O–H groups in total. The van der Waals surface area contributed by atoms with Crippen molar-refractivity contribution < 1.29 is 9.90 Å². The van der Waals surface area contributed by atoms with Crippen LogP contribution >= 0.6 is 15.9 Å². The van der Waals surface area contributed by atoms with Gasteiger partial charge in [-0.1, -0.05) is 22.9 Å². The van der Waals surface area contributed by atoms with E-state index in [1.54, 1.807) is 0 Å². The summed E-state index contributed by atoms with van der Waals surface area (Å²) in [6.07, 6.45) is 0.489. The first kappa shape index (κ1) is 11.9. The Bertz CT molecular complexity index is 141. The van der Waals surface area contributed by atoms with Gasteiger partial charge in [-0.05, 0) is 12.8 Å². The van der Waals surface area contributed by atoms with Gasteiger partial charge < -0.3 is 10.4 Å². The molecule has 1 amide bonds. The van der Waals surface area contributed by atoms with Gasteiger partial charge in [-0.2, -0.15) is 0 Å². The molecule has 0 heterocycles. The Labute approximate surface area is 81.7 Å². The zero-order valence-electron chi connectivity index (χ0n) is 7.51. The van der Waals surface area contributed by atoms with E-state index < -0.39 is 0 Å². The minimum Gasteiger partial charge on any atom is -0.396 e. The van der Waals surface area contributed by atoms with Crippen molar-refractivity contribution in [3.8, 4) is 0 Å². The Kier molecular flexibility index (Phi) is 6.38. The molecule has 0 fully saturated rings. The van der Waals surface area contributed by atoms with E-state index in [1.807, 2.05) is 13.8 Å². The number of carbonyl (C=O) groups is 1. The number of hydrogen-bond donors (Lipinski definition) is 2. The monoisotopic (exact) mass is 237 g/mol. The Morgan fingerprint density at radius 2 is 2.17 bits per heavy atom. The summed E-state index contributed by atoms with van der Waals surface area (Å²) >= 11 is 3.18. The van der Waals surface area contributed by atoms with E-state index in [4.69, 9.17) is 5.11 Å². The van der Waals surface area contributed by atoms with Gasteiger partial charge in [-0.25, -0.2) is 0 Å². The lowest BCUT2D eigenvalue weighted by atomic mass is 10.1. The summed E-state index contributed by atoms with van der Waals surface area (Å²) in [5, 5.41) is 12.3. The Balaban J connectivity index is 3.67. The van der Waals surface area contributed by atoms with Crippen LogP contribution in [0.4, 0.5) is 0 Å². The molecule has 0 aliphatic rings. The summed E-state index contributed by atoms with van der Waals surface area (Å²) in [6.45, 7) is 3.90. The molecule has 0 saturated carbocycles. The van der Waals surface area contributed by atoms with Crippen LogP contribution in [0.3, 0.4) is 0 Å². The Morgan fingerprint density at radius 1 is 1.58 bits per heavy atom. The van der Waals surface area contributed by atoms with Crippen molar-refractivity contribution in [1.29, 1.82) is 0 Å². The maximum atomic E-state index is 11.1. The number of aliphatic hydroxyl groups is 1. The van der Waals surface area contributed by atoms with E-state index >= 15 is 0 Å². The number of nitrogens with one attached hydrogen (secondary N) is 1. The highest BCUT2D eigenvalue weighted by molar-refractivity contribution is 9.09. The highest BCUT2D eigenvalue weighted by Crippen LogP contribution is 2.01. The zero-order chi connectivity index (χ0) is 9.56. The van der Waals surface area contributed by atoms with Crippen LogP contribution in [0.15, 0.2) is 0 Å². The third kappa shape index (κ3) is 4.72. The van der Waals surface area contributed by atoms with Crippen LogP contribution in [-0.4, -0.2) is 29.0 Å². The van der Waals surface area contributed by atoms with E-state index in [0.717, 1.165) is 0 Å². The highest BCUT2D eigenvalue weighted by atomic mass is 79.9. The minimum atomic E-state index is 0.0275. The molecule has 0 spiro atoms. The third-order valence-corrected chi connectivity index (χ3v) is 2.25. The van der Waals surface area contributed by atoms with Crippen LogP contribution < -0.4 is 5.32 Å². The summed E-state index contributed by atoms with van der Waals surface area (Å²) in [7, 11) is 0. The van der Waals surface area contributed by atoms with Crippen molar-refractivity contribution in [3.05, 3.63) is 0 Å². The predicted molar refractivity (Wildman–Crippen MR) is 52.3 cm³/mol. The lowest BCUT2D eigenvalue weighted by molar-refractivity contribution is -0.121. The molecule has 0 bridgehead atoms. The molecule has 3 nitrogen and oxygen atoms in total. The number of carbonyl (C=O) groups excluding carboxylic acids is 1. The van der Waals surface area contributed by atoms with E-state index in [2.05, 4.69) is 21.2 Å². The topological polar surface area (TPSA) is 49.3 Å². The van der Waals surface area contributed by atoms with Crippen molar-refractivity contribution in [2.24, 2.45) is 5.92 Å². The summed E-state index contributed by atoms with van der Waals surface area (Å²) in [5.74, 6) is 0.143. The van der Waals surface area contributed by atoms with E-state index in [1.165, 1.54) is 0 Å². The molecule has 0 aromatic heterocycles. The quantitative estimate of drug-likeness (QED) is 0.699. The molecule has 0 aromatic carbocycles. The van der Waals surface area contributed by atoms with Gasteiger partial charge in [-0.3, -0.25) is 4.79 Å². The van der Waals surface area contributed by atoms with Crippen LogP contribution in [0.1, 0.15) is 20.3 Å². The standard InChI is InChI=1S/C8H16BrNO2/c1-6(5-11)7(2)10-8(12)3-4-9/h6-7,11H,3-5H2,1-2H3,(H,10,12). The molecule has 12 heavy (non-hydrogen) atoms. The number of hydrogen-bond acceptors (Lipinski definition) is 2. The highest BCUT2D eigenvalue weighted by Gasteiger charge is 2.12. The average molecular weight is 238 g/mol. The number of rotatable bonds is 5. The first-order valence-corrected chi connectivity index (χ1v) is 5.20. The second-order valence-electron chi connectivity index (χ2n) is 2.96. The normalized spacial score (nSPS) is 15.3. The maximum absolute atomic E-state index is 11.1. The lowest BCUT2D eigenvalue weighted by Gasteiger charge is -2.18. The van der Waals surface area contributed by atoms with Crippen LogP contribution in [0.25, 0.3) is 0 Å². The Hall–Kier alpha value is -0.0900. The molecule has 0 rings (SSSR count). The first-order valence-electron chi connectivity index (χ1n) is 4.08. The fraction of sp³-hybridized carbons (Fsp3) is 0.875. The molecule has 4 heteroatoms. The van der Waals surface area contributed by atoms with Crippen LogP contribution in [0.2, 0.25) is 0 Å². The molecule has 2 unspecified atom stereocenters. The van der Waals surface area contributed by atoms with Gasteiger partial charge in [0.2, 0.25) is 5.91 Å². The number of aliphatic hydroxyl groups excluding tert-OH is 1. The SMILES string of the molecule is CC(CO)C(C)NC(=O)CCBr. The number of amides is 1. The molecular formula is C8H16BrNO2. The zero-order valence-corrected chi connectivity index (χ0v) is 9.10. The fourth-order valence-electron chi connectivity index (χ4n) is 0.712. The summed E-state index contributed by atoms with van der Waals surface area (Å²) in [4.78, 5) is 11.1. The number of alkyl halides is 1. The smallest absolute Gasteiger partial charge is 0.221 e. The first-order chi connectivity index (χ1) is 5.61. The van der Waals surface area contributed by atoms with Gasteiger partial charge in [0.05, 0.1) is 0 Å². The molecule has 0 saturated heterocycles. The van der Waals surface area contributed by atoms with Gasteiger partial charge in [0.25, 0.3) is 0 Å².